The Morgan fingerprint density at radius 2 is 1.74 bits per heavy atom. The molecule has 1 fully saturated rings. The summed E-state index contributed by atoms with van der Waals surface area (Å²) in [5.74, 6) is 3.66. The lowest BCUT2D eigenvalue weighted by Gasteiger charge is -2.32. The van der Waals surface area contributed by atoms with Gasteiger partial charge in [-0.25, -0.2) is 4.98 Å². The van der Waals surface area contributed by atoms with Crippen molar-refractivity contribution in [1.29, 1.82) is 0 Å². The summed E-state index contributed by atoms with van der Waals surface area (Å²) in [4.78, 5) is 19.8. The molecule has 1 saturated heterocycles. The highest BCUT2D eigenvalue weighted by molar-refractivity contribution is 5.78. The molecule has 1 aromatic heterocycles. The van der Waals surface area contributed by atoms with Crippen molar-refractivity contribution in [1.82, 2.24) is 14.5 Å². The molecular weight excluding hydrogens is 490 g/mol. The van der Waals surface area contributed by atoms with Crippen LogP contribution < -0.4 is 14.2 Å². The number of benzene rings is 3. The number of carbonyl (C=O) groups excluding carboxylic acids is 1. The fraction of sp³-hybridized carbons (Fsp3) is 0.375. The third-order valence-electron chi connectivity index (χ3n) is 7.66. The molecule has 0 bridgehead atoms. The second kappa shape index (κ2) is 10.6. The fourth-order valence-corrected chi connectivity index (χ4v) is 5.66. The molecule has 0 N–H and O–H groups in total. The highest BCUT2D eigenvalue weighted by Crippen LogP contribution is 2.41. The monoisotopic (exact) mass is 525 g/mol. The minimum absolute atomic E-state index is 0.0216. The maximum atomic E-state index is 13.0. The summed E-state index contributed by atoms with van der Waals surface area (Å²) in [5, 5.41) is 0. The quantitative estimate of drug-likeness (QED) is 0.298. The predicted octanol–water partition coefficient (Wildman–Crippen LogP) is 5.65. The zero-order valence-corrected chi connectivity index (χ0v) is 22.6. The van der Waals surface area contributed by atoms with Crippen molar-refractivity contribution in [2.45, 2.75) is 51.9 Å². The van der Waals surface area contributed by atoms with Crippen molar-refractivity contribution in [2.24, 2.45) is 5.92 Å². The standard InChI is InChI=1S/C32H35N3O4/c1-32(2)19-24-9-8-14-28(31(24)39-32)38-22-30(36)34-17-15-23(16-18-34)20-35-27-13-7-6-12-26(27)33-29(35)21-37-25-10-4-3-5-11-25/h3-14,23H,15-22H2,1-2H3. The Bertz CT molecular complexity index is 1460. The number of nitrogens with zero attached hydrogens (tertiary/aromatic N) is 3. The van der Waals surface area contributed by atoms with Crippen LogP contribution in [-0.2, 0) is 24.4 Å². The van der Waals surface area contributed by atoms with Gasteiger partial charge in [-0.15, -0.1) is 0 Å². The molecule has 3 heterocycles. The van der Waals surface area contributed by atoms with Gasteiger partial charge in [0.05, 0.1) is 11.0 Å². The van der Waals surface area contributed by atoms with E-state index in [9.17, 15) is 4.79 Å². The van der Waals surface area contributed by atoms with Crippen LogP contribution in [0.3, 0.4) is 0 Å². The van der Waals surface area contributed by atoms with E-state index >= 15 is 0 Å². The maximum Gasteiger partial charge on any atom is 0.260 e. The van der Waals surface area contributed by atoms with Crippen LogP contribution in [0.5, 0.6) is 17.2 Å². The van der Waals surface area contributed by atoms with Crippen molar-refractivity contribution in [3.05, 3.63) is 84.2 Å². The lowest BCUT2D eigenvalue weighted by molar-refractivity contribution is -0.134. The van der Waals surface area contributed by atoms with E-state index in [0.717, 1.165) is 72.8 Å². The molecule has 1 amide bonds. The predicted molar refractivity (Wildman–Crippen MR) is 150 cm³/mol. The molecule has 6 rings (SSSR count). The Labute approximate surface area is 229 Å². The lowest BCUT2D eigenvalue weighted by Crippen LogP contribution is -2.41. The Kier molecular flexibility index (Phi) is 6.90. The number of hydrogen-bond donors (Lipinski definition) is 0. The van der Waals surface area contributed by atoms with Crippen LogP contribution in [0.1, 0.15) is 38.1 Å². The largest absolute Gasteiger partial charge is 0.486 e. The molecule has 0 unspecified atom stereocenters. The van der Waals surface area contributed by atoms with E-state index in [1.165, 1.54) is 0 Å². The van der Waals surface area contributed by atoms with Crippen molar-refractivity contribution in [3.63, 3.8) is 0 Å². The third-order valence-corrected chi connectivity index (χ3v) is 7.66. The number of amides is 1. The summed E-state index contributed by atoms with van der Waals surface area (Å²) in [5.41, 5.74) is 2.98. The van der Waals surface area contributed by atoms with Crippen LogP contribution in [0, 0.1) is 5.92 Å². The van der Waals surface area contributed by atoms with Gasteiger partial charge in [0, 0.05) is 31.6 Å². The second-order valence-corrected chi connectivity index (χ2v) is 11.1. The summed E-state index contributed by atoms with van der Waals surface area (Å²) >= 11 is 0. The smallest absolute Gasteiger partial charge is 0.260 e. The zero-order chi connectivity index (χ0) is 26.8. The highest BCUT2D eigenvalue weighted by Gasteiger charge is 2.32. The van der Waals surface area contributed by atoms with E-state index in [1.54, 1.807) is 0 Å². The molecule has 7 nitrogen and oxygen atoms in total. The normalized spacial score (nSPS) is 16.6. The van der Waals surface area contributed by atoms with Gasteiger partial charge in [-0.05, 0) is 62.9 Å². The average molecular weight is 526 g/mol. The fourth-order valence-electron chi connectivity index (χ4n) is 5.66. The van der Waals surface area contributed by atoms with Crippen LogP contribution in [0.2, 0.25) is 0 Å². The number of likely N-dealkylation sites (tertiary alicyclic amines) is 1. The first-order chi connectivity index (χ1) is 18.9. The van der Waals surface area contributed by atoms with E-state index in [0.29, 0.717) is 18.3 Å². The first-order valence-corrected chi connectivity index (χ1v) is 13.8. The molecule has 7 heteroatoms. The van der Waals surface area contributed by atoms with Crippen molar-refractivity contribution in [2.75, 3.05) is 19.7 Å². The van der Waals surface area contributed by atoms with Gasteiger partial charge in [-0.2, -0.15) is 0 Å². The van der Waals surface area contributed by atoms with Gasteiger partial charge in [0.25, 0.3) is 5.91 Å². The first-order valence-electron chi connectivity index (χ1n) is 13.8. The molecule has 0 aliphatic carbocycles. The van der Waals surface area contributed by atoms with E-state index in [4.69, 9.17) is 19.2 Å². The van der Waals surface area contributed by atoms with Gasteiger partial charge in [0.1, 0.15) is 23.8 Å². The number of hydrogen-bond acceptors (Lipinski definition) is 5. The summed E-state index contributed by atoms with van der Waals surface area (Å²) < 4.78 is 20.4. The summed E-state index contributed by atoms with van der Waals surface area (Å²) in [7, 11) is 0. The van der Waals surface area contributed by atoms with Gasteiger partial charge < -0.3 is 23.7 Å². The molecule has 2 aliphatic rings. The van der Waals surface area contributed by atoms with Gasteiger partial charge in [-0.1, -0.05) is 42.5 Å². The third kappa shape index (κ3) is 5.58. The number of imidazole rings is 1. The highest BCUT2D eigenvalue weighted by atomic mass is 16.5. The molecule has 2 aliphatic heterocycles. The second-order valence-electron chi connectivity index (χ2n) is 11.1. The minimum Gasteiger partial charge on any atom is -0.486 e. The van der Waals surface area contributed by atoms with Gasteiger partial charge in [-0.3, -0.25) is 4.79 Å². The number of fused-ring (bicyclic) bond motifs is 2. The van der Waals surface area contributed by atoms with Crippen LogP contribution >= 0.6 is 0 Å². The molecule has 39 heavy (non-hydrogen) atoms. The van der Waals surface area contributed by atoms with Gasteiger partial charge >= 0.3 is 0 Å². The number of aromatic nitrogens is 2. The average Bonchev–Trinajstić information content (AvgIpc) is 3.47. The Morgan fingerprint density at radius 1 is 0.974 bits per heavy atom. The number of para-hydroxylation sites is 4. The number of rotatable bonds is 8. The van der Waals surface area contributed by atoms with Crippen molar-refractivity contribution < 1.29 is 19.0 Å². The molecule has 4 aromatic rings. The molecule has 202 valence electrons. The Hall–Kier alpha value is -4.00. The molecular formula is C32H35N3O4. The van der Waals surface area contributed by atoms with E-state index in [-0.39, 0.29) is 18.1 Å². The molecule has 0 spiro atoms. The Balaban J connectivity index is 1.06. The zero-order valence-electron chi connectivity index (χ0n) is 22.6. The maximum absolute atomic E-state index is 13.0. The summed E-state index contributed by atoms with van der Waals surface area (Å²) in [6.07, 6.45) is 2.72. The van der Waals surface area contributed by atoms with Gasteiger partial charge in [0.2, 0.25) is 0 Å². The van der Waals surface area contributed by atoms with Crippen LogP contribution in [0.4, 0.5) is 0 Å². The van der Waals surface area contributed by atoms with E-state index in [1.807, 2.05) is 59.5 Å². The number of piperidine rings is 1. The van der Waals surface area contributed by atoms with Gasteiger partial charge in [0.15, 0.2) is 18.1 Å². The van der Waals surface area contributed by atoms with Crippen LogP contribution in [0.25, 0.3) is 11.0 Å². The van der Waals surface area contributed by atoms with Crippen molar-refractivity contribution >= 4 is 16.9 Å². The SMILES string of the molecule is CC1(C)Cc2cccc(OCC(=O)N3CCC(Cn4c(COc5ccccc5)nc5ccccc54)CC3)c2O1. The van der Waals surface area contributed by atoms with Crippen molar-refractivity contribution in [3.8, 4) is 17.2 Å². The first kappa shape index (κ1) is 25.3. The lowest BCUT2D eigenvalue weighted by atomic mass is 9.96. The number of carbonyl (C=O) groups is 1. The molecule has 3 aromatic carbocycles. The molecule has 0 saturated carbocycles. The summed E-state index contributed by atoms with van der Waals surface area (Å²) in [6.45, 7) is 6.89. The topological polar surface area (TPSA) is 65.8 Å². The van der Waals surface area contributed by atoms with E-state index in [2.05, 4.69) is 36.6 Å². The Morgan fingerprint density at radius 3 is 2.56 bits per heavy atom. The molecule has 0 radical (unpaired) electrons. The van der Waals surface area contributed by atoms with Crippen LogP contribution in [0.15, 0.2) is 72.8 Å². The van der Waals surface area contributed by atoms with E-state index < -0.39 is 0 Å². The number of ether oxygens (including phenoxy) is 3. The minimum atomic E-state index is -0.248. The van der Waals surface area contributed by atoms with Crippen LogP contribution in [-0.4, -0.2) is 45.7 Å². The summed E-state index contributed by atoms with van der Waals surface area (Å²) in [6, 6.07) is 24.0. The molecule has 0 atom stereocenters.